The summed E-state index contributed by atoms with van der Waals surface area (Å²) in [4.78, 5) is 32.2. The zero-order chi connectivity index (χ0) is 30.7. The number of carbonyl (C=O) groups excluding carboxylic acids is 1. The molecule has 0 N–H and O–H groups in total. The van der Waals surface area contributed by atoms with Crippen LogP contribution in [0.5, 0.6) is 17.2 Å². The molecular weight excluding hydrogens is 611 g/mol. The first-order chi connectivity index (χ1) is 20.7. The highest BCUT2D eigenvalue weighted by atomic mass is 35.5. The third-order valence-corrected chi connectivity index (χ3v) is 8.41. The molecule has 0 spiro atoms. The van der Waals surface area contributed by atoms with E-state index in [9.17, 15) is 9.59 Å². The molecule has 5 rings (SSSR count). The summed E-state index contributed by atoms with van der Waals surface area (Å²) in [5, 5.41) is 1.09. The number of carbonyl (C=O) groups is 1. The summed E-state index contributed by atoms with van der Waals surface area (Å²) >= 11 is 13.5. The second-order valence-electron chi connectivity index (χ2n) is 9.50. The minimum Gasteiger partial charge on any atom is -0.497 e. The molecule has 1 aliphatic rings. The summed E-state index contributed by atoms with van der Waals surface area (Å²) in [6.45, 7) is 3.93. The summed E-state index contributed by atoms with van der Waals surface area (Å²) in [5.74, 6) is 1.14. The van der Waals surface area contributed by atoms with Gasteiger partial charge in [0.15, 0.2) is 4.80 Å². The normalized spacial score (nSPS) is 14.7. The van der Waals surface area contributed by atoms with Gasteiger partial charge >= 0.3 is 5.97 Å². The standard InChI is InChI=1S/C32H28Cl2N2O6S/c1-5-41-31(38)28-18(2)35-32-36(29(28)24-13-12-23(39-3)16-26(24)40-4)30(37)27(43-32)14-19-6-10-22(11-7-19)42-17-20-8-9-21(33)15-25(20)34/h6-16,29H,5,17H2,1-4H3/b27-14-/t29-/m0/s1. The lowest BCUT2D eigenvalue weighted by molar-refractivity contribution is -0.139. The van der Waals surface area contributed by atoms with E-state index in [4.69, 9.17) is 42.1 Å². The first-order valence-corrected chi connectivity index (χ1v) is 14.9. The summed E-state index contributed by atoms with van der Waals surface area (Å²) < 4.78 is 24.3. The van der Waals surface area contributed by atoms with Gasteiger partial charge in [0.2, 0.25) is 0 Å². The number of hydrogen-bond donors (Lipinski definition) is 0. The van der Waals surface area contributed by atoms with Crippen LogP contribution >= 0.6 is 34.5 Å². The van der Waals surface area contributed by atoms with Crippen LogP contribution in [-0.2, 0) is 16.1 Å². The summed E-state index contributed by atoms with van der Waals surface area (Å²) in [6, 6.07) is 17.1. The Hall–Kier alpha value is -4.05. The quantitative estimate of drug-likeness (QED) is 0.219. The van der Waals surface area contributed by atoms with Crippen LogP contribution in [0.3, 0.4) is 0 Å². The van der Waals surface area contributed by atoms with Crippen molar-refractivity contribution in [3.8, 4) is 17.2 Å². The molecule has 43 heavy (non-hydrogen) atoms. The van der Waals surface area contributed by atoms with Gasteiger partial charge in [-0.15, -0.1) is 0 Å². The SMILES string of the molecule is CCOC(=O)C1=C(C)N=c2s/c(=C\c3ccc(OCc4ccc(Cl)cc4Cl)cc3)c(=O)n2[C@H]1c1ccc(OC)cc1OC. The summed E-state index contributed by atoms with van der Waals surface area (Å²) in [7, 11) is 3.08. The highest BCUT2D eigenvalue weighted by Gasteiger charge is 2.35. The van der Waals surface area contributed by atoms with Crippen molar-refractivity contribution in [1.82, 2.24) is 4.57 Å². The maximum atomic E-state index is 13.9. The van der Waals surface area contributed by atoms with E-state index in [0.29, 0.717) is 47.9 Å². The Morgan fingerprint density at radius 3 is 2.44 bits per heavy atom. The molecule has 2 heterocycles. The van der Waals surface area contributed by atoms with Crippen molar-refractivity contribution in [2.75, 3.05) is 20.8 Å². The van der Waals surface area contributed by atoms with Crippen LogP contribution in [0.2, 0.25) is 10.0 Å². The molecule has 1 aromatic heterocycles. The van der Waals surface area contributed by atoms with Crippen LogP contribution in [-0.4, -0.2) is 31.4 Å². The minimum absolute atomic E-state index is 0.180. The fourth-order valence-corrected chi connectivity index (χ4v) is 6.25. The monoisotopic (exact) mass is 638 g/mol. The van der Waals surface area contributed by atoms with E-state index in [-0.39, 0.29) is 24.3 Å². The lowest BCUT2D eigenvalue weighted by Crippen LogP contribution is -2.40. The van der Waals surface area contributed by atoms with Gasteiger partial charge in [-0.25, -0.2) is 9.79 Å². The number of ether oxygens (including phenoxy) is 4. The van der Waals surface area contributed by atoms with Gasteiger partial charge in [0.25, 0.3) is 5.56 Å². The average Bonchev–Trinajstić information content (AvgIpc) is 3.30. The Labute approximate surface area is 262 Å². The molecule has 11 heteroatoms. The molecule has 0 saturated heterocycles. The van der Waals surface area contributed by atoms with Gasteiger partial charge in [-0.1, -0.05) is 52.7 Å². The molecule has 1 aliphatic heterocycles. The number of fused-ring (bicyclic) bond motifs is 1. The second kappa shape index (κ2) is 13.1. The largest absolute Gasteiger partial charge is 0.497 e. The van der Waals surface area contributed by atoms with Crippen LogP contribution in [0, 0.1) is 0 Å². The molecule has 1 atom stereocenters. The molecule has 0 amide bonds. The number of methoxy groups -OCH3 is 2. The molecule has 0 bridgehead atoms. The van der Waals surface area contributed by atoms with E-state index in [2.05, 4.69) is 4.99 Å². The Kier molecular flexibility index (Phi) is 9.25. The van der Waals surface area contributed by atoms with Crippen molar-refractivity contribution in [2.24, 2.45) is 4.99 Å². The number of aromatic nitrogens is 1. The zero-order valence-corrected chi connectivity index (χ0v) is 26.2. The molecule has 0 saturated carbocycles. The molecule has 0 fully saturated rings. The van der Waals surface area contributed by atoms with Crippen LogP contribution in [0.15, 0.2) is 81.7 Å². The van der Waals surface area contributed by atoms with Gasteiger partial charge in [-0.05, 0) is 61.9 Å². The van der Waals surface area contributed by atoms with Gasteiger partial charge in [-0.2, -0.15) is 0 Å². The number of nitrogens with zero attached hydrogens (tertiary/aromatic N) is 2. The number of hydrogen-bond acceptors (Lipinski definition) is 8. The third kappa shape index (κ3) is 6.34. The lowest BCUT2D eigenvalue weighted by atomic mass is 9.95. The van der Waals surface area contributed by atoms with E-state index in [1.807, 2.05) is 30.3 Å². The maximum absolute atomic E-state index is 13.9. The van der Waals surface area contributed by atoms with E-state index in [1.165, 1.54) is 23.0 Å². The topological polar surface area (TPSA) is 88.4 Å². The second-order valence-corrected chi connectivity index (χ2v) is 11.4. The first-order valence-electron chi connectivity index (χ1n) is 13.3. The molecule has 222 valence electrons. The Balaban J connectivity index is 1.52. The third-order valence-electron chi connectivity index (χ3n) is 6.84. The van der Waals surface area contributed by atoms with Crippen molar-refractivity contribution >= 4 is 46.6 Å². The van der Waals surface area contributed by atoms with E-state index in [0.717, 1.165) is 11.1 Å². The highest BCUT2D eigenvalue weighted by Crippen LogP contribution is 2.37. The van der Waals surface area contributed by atoms with Gasteiger partial charge in [-0.3, -0.25) is 9.36 Å². The number of benzene rings is 3. The average molecular weight is 640 g/mol. The number of halogens is 2. The molecule has 3 aromatic carbocycles. The number of esters is 1. The number of thiazole rings is 1. The maximum Gasteiger partial charge on any atom is 0.338 e. The Morgan fingerprint density at radius 2 is 1.77 bits per heavy atom. The van der Waals surface area contributed by atoms with Crippen molar-refractivity contribution in [3.63, 3.8) is 0 Å². The highest BCUT2D eigenvalue weighted by molar-refractivity contribution is 7.07. The van der Waals surface area contributed by atoms with E-state index < -0.39 is 12.0 Å². The van der Waals surface area contributed by atoms with Crippen molar-refractivity contribution in [2.45, 2.75) is 26.5 Å². The summed E-state index contributed by atoms with van der Waals surface area (Å²) in [5.41, 5.74) is 2.66. The molecule has 0 radical (unpaired) electrons. The first kappa shape index (κ1) is 30.4. The van der Waals surface area contributed by atoms with E-state index in [1.54, 1.807) is 57.4 Å². The molecule has 4 aromatic rings. The number of rotatable bonds is 9. The zero-order valence-electron chi connectivity index (χ0n) is 23.9. The molecule has 0 unspecified atom stereocenters. The van der Waals surface area contributed by atoms with Crippen LogP contribution < -0.4 is 29.1 Å². The fraction of sp³-hybridized carbons (Fsp3) is 0.219. The van der Waals surface area contributed by atoms with Crippen LogP contribution in [0.1, 0.15) is 36.6 Å². The van der Waals surface area contributed by atoms with Gasteiger partial charge in [0, 0.05) is 27.2 Å². The predicted octanol–water partition coefficient (Wildman–Crippen LogP) is 5.70. The van der Waals surface area contributed by atoms with Crippen LogP contribution in [0.4, 0.5) is 0 Å². The molecular formula is C32H28Cl2N2O6S. The number of allylic oxidation sites excluding steroid dienone is 1. The molecule has 0 aliphatic carbocycles. The summed E-state index contributed by atoms with van der Waals surface area (Å²) in [6.07, 6.45) is 1.79. The Morgan fingerprint density at radius 1 is 1.02 bits per heavy atom. The van der Waals surface area contributed by atoms with Gasteiger partial charge < -0.3 is 18.9 Å². The van der Waals surface area contributed by atoms with Crippen molar-refractivity contribution in [3.05, 3.63) is 118 Å². The van der Waals surface area contributed by atoms with Crippen molar-refractivity contribution < 1.29 is 23.7 Å². The molecule has 8 nitrogen and oxygen atoms in total. The van der Waals surface area contributed by atoms with E-state index >= 15 is 0 Å². The fourth-order valence-electron chi connectivity index (χ4n) is 4.74. The predicted molar refractivity (Wildman–Crippen MR) is 167 cm³/mol. The Bertz CT molecular complexity index is 1900. The van der Waals surface area contributed by atoms with Gasteiger partial charge in [0.05, 0.1) is 36.6 Å². The minimum atomic E-state index is -0.811. The lowest BCUT2D eigenvalue weighted by Gasteiger charge is -2.26. The van der Waals surface area contributed by atoms with Crippen LogP contribution in [0.25, 0.3) is 6.08 Å². The smallest absolute Gasteiger partial charge is 0.338 e. The van der Waals surface area contributed by atoms with Crippen molar-refractivity contribution in [1.29, 1.82) is 0 Å². The van der Waals surface area contributed by atoms with Gasteiger partial charge in [0.1, 0.15) is 29.9 Å².